The Kier molecular flexibility index (Phi) is 48.9. The lowest BCUT2D eigenvalue weighted by molar-refractivity contribution is -0.167. The molecular weight excluding hydrogens is 781 g/mol. The zero-order valence-corrected chi connectivity index (χ0v) is 41.3. The summed E-state index contributed by atoms with van der Waals surface area (Å²) in [4.78, 5) is 37.8. The number of hydrogen-bond acceptors (Lipinski definition) is 6. The van der Waals surface area contributed by atoms with E-state index in [1.807, 2.05) is 0 Å². The molecule has 63 heavy (non-hydrogen) atoms. The molecule has 0 radical (unpaired) electrons. The number of unbranched alkanes of at least 4 members (excludes halogenated alkanes) is 24. The largest absolute Gasteiger partial charge is 0.462 e. The Morgan fingerprint density at radius 1 is 0.333 bits per heavy atom. The summed E-state index contributed by atoms with van der Waals surface area (Å²) in [5.41, 5.74) is 0. The Bertz CT molecular complexity index is 1190. The quantitative estimate of drug-likeness (QED) is 0.0262. The van der Waals surface area contributed by atoms with Gasteiger partial charge in [-0.05, 0) is 89.9 Å². The minimum atomic E-state index is -0.784. The molecule has 0 aliphatic carbocycles. The summed E-state index contributed by atoms with van der Waals surface area (Å²) in [6.07, 6.45) is 64.8. The van der Waals surface area contributed by atoms with Crippen molar-refractivity contribution in [2.75, 3.05) is 13.2 Å². The molecule has 6 nitrogen and oxygen atoms in total. The first-order valence-electron chi connectivity index (χ1n) is 26.4. The summed E-state index contributed by atoms with van der Waals surface area (Å²) >= 11 is 0. The van der Waals surface area contributed by atoms with Crippen LogP contribution in [0, 0.1) is 0 Å². The van der Waals surface area contributed by atoms with Gasteiger partial charge in [0.25, 0.3) is 0 Å². The van der Waals surface area contributed by atoms with Crippen molar-refractivity contribution in [2.45, 2.75) is 258 Å². The summed E-state index contributed by atoms with van der Waals surface area (Å²) in [6, 6.07) is 0. The maximum atomic E-state index is 12.8. The molecule has 1 atom stereocenters. The summed E-state index contributed by atoms with van der Waals surface area (Å²) in [5.74, 6) is -0.914. The molecule has 0 fully saturated rings. The molecule has 0 spiro atoms. The van der Waals surface area contributed by atoms with E-state index in [4.69, 9.17) is 14.2 Å². The molecule has 0 bridgehead atoms. The molecule has 6 heteroatoms. The van der Waals surface area contributed by atoms with Gasteiger partial charge in [-0.25, -0.2) is 0 Å². The SMILES string of the molecule is CC/C=C\C/C=C\C/C=C\CCCCCCCC(=O)OC(COC(=O)CCCCCCCCC)COC(=O)CCCCCCCCCC/C=C\C/C=C\C/C=C\CCCCCCC. The Labute approximate surface area is 389 Å². The predicted octanol–water partition coefficient (Wildman–Crippen LogP) is 17.4. The highest BCUT2D eigenvalue weighted by Gasteiger charge is 2.19. The van der Waals surface area contributed by atoms with E-state index in [9.17, 15) is 14.4 Å². The summed E-state index contributed by atoms with van der Waals surface area (Å²) in [7, 11) is 0. The van der Waals surface area contributed by atoms with Crippen LogP contribution < -0.4 is 0 Å². The normalized spacial score (nSPS) is 12.6. The highest BCUT2D eigenvalue weighted by molar-refractivity contribution is 5.71. The first-order chi connectivity index (χ1) is 31.0. The summed E-state index contributed by atoms with van der Waals surface area (Å²) < 4.78 is 16.7. The topological polar surface area (TPSA) is 78.9 Å². The van der Waals surface area contributed by atoms with Crippen molar-refractivity contribution in [1.29, 1.82) is 0 Å². The Morgan fingerprint density at radius 3 is 0.968 bits per heavy atom. The third kappa shape index (κ3) is 49.7. The van der Waals surface area contributed by atoms with Crippen molar-refractivity contribution >= 4 is 17.9 Å². The molecule has 0 aromatic heterocycles. The average Bonchev–Trinajstić information content (AvgIpc) is 3.28. The fraction of sp³-hybridized carbons (Fsp3) is 0.737. The van der Waals surface area contributed by atoms with Crippen LogP contribution in [0.5, 0.6) is 0 Å². The monoisotopic (exact) mass is 879 g/mol. The van der Waals surface area contributed by atoms with Gasteiger partial charge in [-0.1, -0.05) is 216 Å². The number of carbonyl (C=O) groups is 3. The van der Waals surface area contributed by atoms with Crippen LogP contribution in [0.4, 0.5) is 0 Å². The van der Waals surface area contributed by atoms with Gasteiger partial charge in [0.1, 0.15) is 13.2 Å². The first-order valence-corrected chi connectivity index (χ1v) is 26.4. The molecule has 362 valence electrons. The van der Waals surface area contributed by atoms with Crippen molar-refractivity contribution in [3.05, 3.63) is 72.9 Å². The molecule has 1 unspecified atom stereocenters. The lowest BCUT2D eigenvalue weighted by atomic mass is 10.1. The van der Waals surface area contributed by atoms with Gasteiger partial charge < -0.3 is 14.2 Å². The van der Waals surface area contributed by atoms with Crippen LogP contribution in [-0.2, 0) is 28.6 Å². The van der Waals surface area contributed by atoms with E-state index in [1.165, 1.54) is 96.3 Å². The van der Waals surface area contributed by atoms with Crippen LogP contribution in [0.15, 0.2) is 72.9 Å². The van der Waals surface area contributed by atoms with Crippen LogP contribution in [0.25, 0.3) is 0 Å². The number of hydrogen-bond donors (Lipinski definition) is 0. The summed E-state index contributed by atoms with van der Waals surface area (Å²) in [6.45, 7) is 6.45. The van der Waals surface area contributed by atoms with E-state index >= 15 is 0 Å². The Hall–Kier alpha value is -3.15. The van der Waals surface area contributed by atoms with Gasteiger partial charge in [0.15, 0.2) is 6.10 Å². The van der Waals surface area contributed by atoms with E-state index in [-0.39, 0.29) is 31.1 Å². The Morgan fingerprint density at radius 2 is 0.619 bits per heavy atom. The lowest BCUT2D eigenvalue weighted by Gasteiger charge is -2.18. The van der Waals surface area contributed by atoms with Crippen LogP contribution in [0.3, 0.4) is 0 Å². The number of ether oxygens (including phenoxy) is 3. The highest BCUT2D eigenvalue weighted by atomic mass is 16.6. The van der Waals surface area contributed by atoms with E-state index in [0.29, 0.717) is 19.3 Å². The van der Waals surface area contributed by atoms with E-state index in [2.05, 4.69) is 93.7 Å². The van der Waals surface area contributed by atoms with Gasteiger partial charge in [0.05, 0.1) is 0 Å². The fourth-order valence-electron chi connectivity index (χ4n) is 7.23. The molecule has 0 aromatic carbocycles. The van der Waals surface area contributed by atoms with Gasteiger partial charge in [-0.3, -0.25) is 14.4 Å². The minimum absolute atomic E-state index is 0.0847. The molecule has 0 aliphatic rings. The average molecular weight is 879 g/mol. The zero-order chi connectivity index (χ0) is 45.8. The number of rotatable bonds is 47. The molecular formula is C57H98O6. The molecule has 0 heterocycles. The molecule has 0 aromatic rings. The molecule has 0 N–H and O–H groups in total. The van der Waals surface area contributed by atoms with Crippen molar-refractivity contribution in [2.24, 2.45) is 0 Å². The molecule has 0 aliphatic heterocycles. The van der Waals surface area contributed by atoms with Gasteiger partial charge in [0.2, 0.25) is 0 Å². The van der Waals surface area contributed by atoms with Crippen LogP contribution in [0.2, 0.25) is 0 Å². The second-order valence-corrected chi connectivity index (χ2v) is 17.4. The smallest absolute Gasteiger partial charge is 0.306 e. The number of carbonyl (C=O) groups excluding carboxylic acids is 3. The van der Waals surface area contributed by atoms with Gasteiger partial charge in [0, 0.05) is 19.3 Å². The van der Waals surface area contributed by atoms with Gasteiger partial charge in [-0.2, -0.15) is 0 Å². The van der Waals surface area contributed by atoms with Crippen LogP contribution >= 0.6 is 0 Å². The maximum absolute atomic E-state index is 12.8. The molecule has 0 saturated heterocycles. The zero-order valence-electron chi connectivity index (χ0n) is 41.3. The van der Waals surface area contributed by atoms with Gasteiger partial charge >= 0.3 is 17.9 Å². The fourth-order valence-corrected chi connectivity index (χ4v) is 7.23. The van der Waals surface area contributed by atoms with Crippen molar-refractivity contribution in [1.82, 2.24) is 0 Å². The van der Waals surface area contributed by atoms with Gasteiger partial charge in [-0.15, -0.1) is 0 Å². The number of allylic oxidation sites excluding steroid dienone is 12. The third-order valence-corrected chi connectivity index (χ3v) is 11.2. The predicted molar refractivity (Wildman–Crippen MR) is 270 cm³/mol. The summed E-state index contributed by atoms with van der Waals surface area (Å²) in [5, 5.41) is 0. The molecule has 0 amide bonds. The minimum Gasteiger partial charge on any atom is -0.462 e. The molecule has 0 rings (SSSR count). The van der Waals surface area contributed by atoms with Crippen LogP contribution in [0.1, 0.15) is 252 Å². The van der Waals surface area contributed by atoms with Crippen molar-refractivity contribution < 1.29 is 28.6 Å². The first kappa shape index (κ1) is 59.9. The third-order valence-electron chi connectivity index (χ3n) is 11.2. The lowest BCUT2D eigenvalue weighted by Crippen LogP contribution is -2.30. The van der Waals surface area contributed by atoms with Crippen molar-refractivity contribution in [3.8, 4) is 0 Å². The Balaban J connectivity index is 4.24. The second kappa shape index (κ2) is 51.5. The van der Waals surface area contributed by atoms with E-state index in [0.717, 1.165) is 116 Å². The maximum Gasteiger partial charge on any atom is 0.306 e. The van der Waals surface area contributed by atoms with Crippen LogP contribution in [-0.4, -0.2) is 37.2 Å². The van der Waals surface area contributed by atoms with Crippen molar-refractivity contribution in [3.63, 3.8) is 0 Å². The van der Waals surface area contributed by atoms with E-state index < -0.39 is 6.10 Å². The standard InChI is InChI=1S/C57H98O6/c1-4-7-10-13-16-18-20-22-24-25-26-27-28-29-30-31-33-34-36-38-41-44-47-50-56(59)62-53-54(52-61-55(58)49-46-43-40-15-12-9-6-3)63-57(60)51-48-45-42-39-37-35-32-23-21-19-17-14-11-8-5-2/h8,11,17,19-20,22-23,25-26,28-29,32,54H,4-7,9-10,12-16,18,21,24,27,30-31,33-53H2,1-3H3/b11-8-,19-17-,22-20-,26-25-,29-28-,32-23-. The molecule has 0 saturated carbocycles. The highest BCUT2D eigenvalue weighted by Crippen LogP contribution is 2.14. The van der Waals surface area contributed by atoms with E-state index in [1.54, 1.807) is 0 Å². The second-order valence-electron chi connectivity index (χ2n) is 17.4. The number of esters is 3.